The van der Waals surface area contributed by atoms with Crippen molar-refractivity contribution in [2.24, 2.45) is 0 Å². The maximum atomic E-state index is 11.5. The van der Waals surface area contributed by atoms with Crippen molar-refractivity contribution in [3.63, 3.8) is 0 Å². The van der Waals surface area contributed by atoms with Crippen molar-refractivity contribution in [1.82, 2.24) is 15.1 Å². The Hall–Kier alpha value is -2.87. The van der Waals surface area contributed by atoms with Gasteiger partial charge in [-0.25, -0.2) is 9.59 Å². The lowest BCUT2D eigenvalue weighted by molar-refractivity contribution is 0.0688. The van der Waals surface area contributed by atoms with E-state index in [0.29, 0.717) is 26.3 Å². The van der Waals surface area contributed by atoms with Crippen LogP contribution in [-0.2, 0) is 22.6 Å². The summed E-state index contributed by atoms with van der Waals surface area (Å²) in [6.07, 6.45) is 1.08. The van der Waals surface area contributed by atoms with Crippen molar-refractivity contribution in [1.29, 1.82) is 0 Å². The molecular weight excluding hydrogens is 314 g/mol. The summed E-state index contributed by atoms with van der Waals surface area (Å²) in [5.41, 5.74) is 0.918. The average molecular weight is 333 g/mol. The van der Waals surface area contributed by atoms with E-state index in [-0.39, 0.29) is 12.3 Å². The van der Waals surface area contributed by atoms with Crippen molar-refractivity contribution < 1.29 is 24.2 Å². The predicted molar refractivity (Wildman–Crippen MR) is 84.6 cm³/mol. The van der Waals surface area contributed by atoms with E-state index in [9.17, 15) is 9.59 Å². The zero-order valence-corrected chi connectivity index (χ0v) is 13.1. The van der Waals surface area contributed by atoms with Gasteiger partial charge in [0.2, 0.25) is 0 Å². The number of carbonyl (C=O) groups is 2. The number of aromatic carboxylic acids is 1. The summed E-state index contributed by atoms with van der Waals surface area (Å²) in [6, 6.07) is 10.8. The molecular formula is C16H19N3O5. The number of amides is 1. The molecule has 0 aliphatic carbocycles. The number of hydrogen-bond donors (Lipinski definition) is 2. The fourth-order valence-electron chi connectivity index (χ4n) is 1.86. The van der Waals surface area contributed by atoms with E-state index in [2.05, 4.69) is 10.4 Å². The van der Waals surface area contributed by atoms with Gasteiger partial charge in [-0.1, -0.05) is 30.3 Å². The Balaban J connectivity index is 1.51. The van der Waals surface area contributed by atoms with Gasteiger partial charge in [-0.3, -0.25) is 4.68 Å². The molecule has 8 heteroatoms. The highest BCUT2D eigenvalue weighted by Gasteiger charge is 2.06. The number of benzene rings is 1. The number of ether oxygens (including phenoxy) is 2. The van der Waals surface area contributed by atoms with Gasteiger partial charge in [0.1, 0.15) is 6.61 Å². The van der Waals surface area contributed by atoms with Gasteiger partial charge in [0.25, 0.3) is 0 Å². The largest absolute Gasteiger partial charge is 0.476 e. The van der Waals surface area contributed by atoms with Crippen molar-refractivity contribution in [3.8, 4) is 0 Å². The summed E-state index contributed by atoms with van der Waals surface area (Å²) >= 11 is 0. The van der Waals surface area contributed by atoms with Crippen LogP contribution in [0.1, 0.15) is 16.1 Å². The number of carboxylic acids is 1. The maximum absolute atomic E-state index is 11.5. The number of hydrogen-bond acceptors (Lipinski definition) is 5. The first-order valence-electron chi connectivity index (χ1n) is 7.44. The molecule has 1 aromatic carbocycles. The third-order valence-corrected chi connectivity index (χ3v) is 3.05. The zero-order valence-electron chi connectivity index (χ0n) is 13.1. The molecule has 0 unspecified atom stereocenters. The minimum absolute atomic E-state index is 0.00201. The van der Waals surface area contributed by atoms with Crippen molar-refractivity contribution in [2.75, 3.05) is 19.8 Å². The molecule has 0 aliphatic rings. The average Bonchev–Trinajstić information content (AvgIpc) is 3.06. The highest BCUT2D eigenvalue weighted by atomic mass is 16.5. The SMILES string of the molecule is O=C(NCCOCCn1ccc(C(=O)O)n1)OCc1ccccc1. The first-order valence-corrected chi connectivity index (χ1v) is 7.44. The van der Waals surface area contributed by atoms with E-state index in [1.165, 1.54) is 10.7 Å². The van der Waals surface area contributed by atoms with Crippen LogP contribution in [0.3, 0.4) is 0 Å². The molecule has 1 amide bonds. The molecule has 2 N–H and O–H groups in total. The lowest BCUT2D eigenvalue weighted by Crippen LogP contribution is -2.28. The van der Waals surface area contributed by atoms with Gasteiger partial charge >= 0.3 is 12.1 Å². The molecule has 0 spiro atoms. The monoisotopic (exact) mass is 333 g/mol. The Bertz CT molecular complexity index is 657. The molecule has 2 rings (SSSR count). The van der Waals surface area contributed by atoms with Crippen LogP contribution >= 0.6 is 0 Å². The van der Waals surface area contributed by atoms with E-state index in [0.717, 1.165) is 5.56 Å². The van der Waals surface area contributed by atoms with Gasteiger partial charge in [-0.05, 0) is 11.6 Å². The van der Waals surface area contributed by atoms with Crippen molar-refractivity contribution >= 4 is 12.1 Å². The summed E-state index contributed by atoms with van der Waals surface area (Å²) in [7, 11) is 0. The lowest BCUT2D eigenvalue weighted by atomic mass is 10.2. The Morgan fingerprint density at radius 1 is 1.17 bits per heavy atom. The van der Waals surface area contributed by atoms with Crippen LogP contribution in [0, 0.1) is 0 Å². The molecule has 128 valence electrons. The highest BCUT2D eigenvalue weighted by Crippen LogP contribution is 2.00. The molecule has 24 heavy (non-hydrogen) atoms. The molecule has 1 aromatic heterocycles. The Kier molecular flexibility index (Phi) is 6.78. The number of aromatic nitrogens is 2. The molecule has 8 nitrogen and oxygen atoms in total. The summed E-state index contributed by atoms with van der Waals surface area (Å²) in [4.78, 5) is 22.2. The number of rotatable bonds is 9. The van der Waals surface area contributed by atoms with Gasteiger partial charge < -0.3 is 19.9 Å². The number of nitrogens with zero attached hydrogens (tertiary/aromatic N) is 2. The van der Waals surface area contributed by atoms with Crippen molar-refractivity contribution in [3.05, 3.63) is 53.9 Å². The minimum Gasteiger partial charge on any atom is -0.476 e. The zero-order chi connectivity index (χ0) is 17.2. The first-order chi connectivity index (χ1) is 11.6. The minimum atomic E-state index is -1.06. The Morgan fingerprint density at radius 2 is 1.96 bits per heavy atom. The molecule has 0 saturated heterocycles. The van der Waals surface area contributed by atoms with Gasteiger partial charge in [0.15, 0.2) is 5.69 Å². The summed E-state index contributed by atoms with van der Waals surface area (Å²) < 4.78 is 11.9. The third kappa shape index (κ3) is 6.09. The molecule has 0 aliphatic heterocycles. The number of carboxylic acid groups (broad SMARTS) is 1. The predicted octanol–water partition coefficient (Wildman–Crippen LogP) is 1.52. The second-order valence-corrected chi connectivity index (χ2v) is 4.87. The topological polar surface area (TPSA) is 103 Å². The number of carbonyl (C=O) groups excluding carboxylic acids is 1. The highest BCUT2D eigenvalue weighted by molar-refractivity contribution is 5.85. The normalized spacial score (nSPS) is 10.3. The molecule has 0 saturated carbocycles. The lowest BCUT2D eigenvalue weighted by Gasteiger charge is -2.08. The van der Waals surface area contributed by atoms with E-state index < -0.39 is 12.1 Å². The van der Waals surface area contributed by atoms with E-state index in [4.69, 9.17) is 14.6 Å². The fourth-order valence-corrected chi connectivity index (χ4v) is 1.86. The van der Waals surface area contributed by atoms with E-state index in [1.54, 1.807) is 6.20 Å². The molecule has 2 aromatic rings. The Labute approximate surface area is 139 Å². The second-order valence-electron chi connectivity index (χ2n) is 4.87. The number of nitrogens with one attached hydrogen (secondary N) is 1. The van der Waals surface area contributed by atoms with E-state index >= 15 is 0 Å². The molecule has 0 bridgehead atoms. The smallest absolute Gasteiger partial charge is 0.407 e. The fraction of sp³-hybridized carbons (Fsp3) is 0.312. The molecule has 0 radical (unpaired) electrons. The van der Waals surface area contributed by atoms with Crippen LogP contribution in [0.15, 0.2) is 42.6 Å². The van der Waals surface area contributed by atoms with Gasteiger partial charge in [-0.2, -0.15) is 5.10 Å². The quantitative estimate of drug-likeness (QED) is 0.675. The van der Waals surface area contributed by atoms with Gasteiger partial charge in [-0.15, -0.1) is 0 Å². The van der Waals surface area contributed by atoms with Crippen LogP contribution < -0.4 is 5.32 Å². The second kappa shape index (κ2) is 9.31. The molecule has 1 heterocycles. The standard InChI is InChI=1S/C16H19N3O5/c20-15(21)14-6-8-19(18-14)9-11-23-10-7-17-16(22)24-12-13-4-2-1-3-5-13/h1-6,8H,7,9-12H2,(H,17,22)(H,20,21). The van der Waals surface area contributed by atoms with Crippen LogP contribution in [-0.4, -0.2) is 46.7 Å². The van der Waals surface area contributed by atoms with Gasteiger partial charge in [0, 0.05) is 12.7 Å². The van der Waals surface area contributed by atoms with Crippen LogP contribution in [0.4, 0.5) is 4.79 Å². The summed E-state index contributed by atoms with van der Waals surface area (Å²) in [6.45, 7) is 1.67. The summed E-state index contributed by atoms with van der Waals surface area (Å²) in [5.74, 6) is -1.06. The molecule has 0 fully saturated rings. The van der Waals surface area contributed by atoms with Crippen LogP contribution in [0.25, 0.3) is 0 Å². The Morgan fingerprint density at radius 3 is 2.67 bits per heavy atom. The third-order valence-electron chi connectivity index (χ3n) is 3.05. The maximum Gasteiger partial charge on any atom is 0.407 e. The summed E-state index contributed by atoms with van der Waals surface area (Å²) in [5, 5.41) is 15.2. The first kappa shape index (κ1) is 17.5. The van der Waals surface area contributed by atoms with Crippen LogP contribution in [0.5, 0.6) is 0 Å². The van der Waals surface area contributed by atoms with E-state index in [1.807, 2.05) is 30.3 Å². The van der Waals surface area contributed by atoms with Crippen molar-refractivity contribution in [2.45, 2.75) is 13.2 Å². The van der Waals surface area contributed by atoms with Gasteiger partial charge in [0.05, 0.1) is 19.8 Å². The number of alkyl carbamates (subject to hydrolysis) is 1. The van der Waals surface area contributed by atoms with Crippen LogP contribution in [0.2, 0.25) is 0 Å². The molecule has 0 atom stereocenters.